The molecule has 0 bridgehead atoms. The second-order valence-electron chi connectivity index (χ2n) is 7.49. The van der Waals surface area contributed by atoms with Gasteiger partial charge in [0.1, 0.15) is 0 Å². The Morgan fingerprint density at radius 3 is 2.81 bits per heavy atom. The van der Waals surface area contributed by atoms with Crippen LogP contribution in [-0.4, -0.2) is 61.3 Å². The fourth-order valence-corrected chi connectivity index (χ4v) is 4.17. The first-order valence-corrected chi connectivity index (χ1v) is 9.87. The Balaban J connectivity index is 1.35. The van der Waals surface area contributed by atoms with Crippen LogP contribution >= 0.6 is 0 Å². The summed E-state index contributed by atoms with van der Waals surface area (Å²) in [4.78, 5) is 17.4. The average molecular weight is 359 g/mol. The zero-order valence-corrected chi connectivity index (χ0v) is 15.4. The molecule has 1 N–H and O–H groups in total. The van der Waals surface area contributed by atoms with Crippen LogP contribution in [-0.2, 0) is 22.7 Å². The Morgan fingerprint density at radius 1 is 1.08 bits per heavy atom. The van der Waals surface area contributed by atoms with E-state index in [4.69, 9.17) is 9.47 Å². The fourth-order valence-electron chi connectivity index (χ4n) is 4.17. The molecule has 2 saturated heterocycles. The fraction of sp³-hybridized carbons (Fsp3) is 0.650. The second kappa shape index (κ2) is 8.37. The van der Waals surface area contributed by atoms with Gasteiger partial charge in [0.2, 0.25) is 0 Å². The minimum atomic E-state index is 0.0375. The number of fused-ring (bicyclic) bond motifs is 1. The van der Waals surface area contributed by atoms with Crippen LogP contribution in [0.1, 0.15) is 36.8 Å². The molecule has 0 spiro atoms. The zero-order valence-electron chi connectivity index (χ0n) is 15.4. The summed E-state index contributed by atoms with van der Waals surface area (Å²) in [5.74, 6) is 0. The molecule has 1 atom stereocenters. The van der Waals surface area contributed by atoms with Gasteiger partial charge in [-0.2, -0.15) is 0 Å². The first kappa shape index (κ1) is 17.8. The standard InChI is InChI=1S/C20H29N3O3/c24-20(21-18-5-4-16-14-26-15-17(16)13-18)23-7-2-1-3-19(23)6-8-22-9-11-25-12-10-22/h4-5,13,19H,1-3,6-12,14-15H2,(H,21,24)/t19-/m0/s1. The molecular weight excluding hydrogens is 330 g/mol. The Bertz CT molecular complexity index is 631. The van der Waals surface area contributed by atoms with Gasteiger partial charge in [-0.25, -0.2) is 4.79 Å². The van der Waals surface area contributed by atoms with E-state index >= 15 is 0 Å². The largest absolute Gasteiger partial charge is 0.379 e. The van der Waals surface area contributed by atoms with Crippen molar-refractivity contribution >= 4 is 11.7 Å². The summed E-state index contributed by atoms with van der Waals surface area (Å²) in [6, 6.07) is 6.47. The summed E-state index contributed by atoms with van der Waals surface area (Å²) in [5.41, 5.74) is 3.28. The molecule has 2 amide bonds. The van der Waals surface area contributed by atoms with Crippen molar-refractivity contribution in [2.75, 3.05) is 44.7 Å². The van der Waals surface area contributed by atoms with Crippen molar-refractivity contribution in [1.29, 1.82) is 0 Å². The predicted octanol–water partition coefficient (Wildman–Crippen LogP) is 2.83. The number of amides is 2. The summed E-state index contributed by atoms with van der Waals surface area (Å²) in [6.07, 6.45) is 4.47. The Kier molecular flexibility index (Phi) is 5.72. The number of rotatable bonds is 4. The number of likely N-dealkylation sites (tertiary alicyclic amines) is 1. The van der Waals surface area contributed by atoms with Gasteiger partial charge in [0.25, 0.3) is 0 Å². The summed E-state index contributed by atoms with van der Waals surface area (Å²) >= 11 is 0. The van der Waals surface area contributed by atoms with Gasteiger partial charge in [-0.1, -0.05) is 6.07 Å². The highest BCUT2D eigenvalue weighted by Crippen LogP contribution is 2.25. The number of benzene rings is 1. The number of piperidine rings is 1. The van der Waals surface area contributed by atoms with Crippen LogP contribution < -0.4 is 5.32 Å². The number of nitrogens with one attached hydrogen (secondary N) is 1. The molecule has 3 aliphatic rings. The molecule has 0 aliphatic carbocycles. The highest BCUT2D eigenvalue weighted by molar-refractivity contribution is 5.89. The molecule has 2 fully saturated rings. The summed E-state index contributed by atoms with van der Waals surface area (Å²) in [5, 5.41) is 3.11. The summed E-state index contributed by atoms with van der Waals surface area (Å²) in [7, 11) is 0. The van der Waals surface area contributed by atoms with Crippen LogP contribution in [0.2, 0.25) is 0 Å². The van der Waals surface area contributed by atoms with E-state index in [1.54, 1.807) is 0 Å². The number of nitrogens with zero attached hydrogens (tertiary/aromatic N) is 2. The van der Waals surface area contributed by atoms with E-state index in [0.717, 1.165) is 64.3 Å². The molecule has 3 heterocycles. The molecule has 26 heavy (non-hydrogen) atoms. The smallest absolute Gasteiger partial charge is 0.322 e. The number of carbonyl (C=O) groups is 1. The zero-order chi connectivity index (χ0) is 17.8. The number of ether oxygens (including phenoxy) is 2. The lowest BCUT2D eigenvalue weighted by atomic mass is 9.99. The molecule has 4 rings (SSSR count). The van der Waals surface area contributed by atoms with Crippen LogP contribution in [0.4, 0.5) is 10.5 Å². The van der Waals surface area contributed by atoms with Crippen molar-refractivity contribution in [2.45, 2.75) is 44.9 Å². The van der Waals surface area contributed by atoms with Gasteiger partial charge in [0.05, 0.1) is 26.4 Å². The van der Waals surface area contributed by atoms with Crippen molar-refractivity contribution in [1.82, 2.24) is 9.80 Å². The number of morpholine rings is 1. The van der Waals surface area contributed by atoms with E-state index in [9.17, 15) is 4.79 Å². The normalized spacial score (nSPS) is 23.7. The van der Waals surface area contributed by atoms with E-state index in [1.807, 2.05) is 17.0 Å². The lowest BCUT2D eigenvalue weighted by Crippen LogP contribution is -2.48. The first-order valence-electron chi connectivity index (χ1n) is 9.87. The molecule has 0 aromatic heterocycles. The molecule has 0 saturated carbocycles. The third-order valence-electron chi connectivity index (χ3n) is 5.74. The van der Waals surface area contributed by atoms with Gasteiger partial charge < -0.3 is 19.7 Å². The third kappa shape index (κ3) is 4.19. The molecular formula is C20H29N3O3. The van der Waals surface area contributed by atoms with E-state index in [1.165, 1.54) is 17.5 Å². The van der Waals surface area contributed by atoms with Crippen molar-refractivity contribution < 1.29 is 14.3 Å². The Hall–Kier alpha value is -1.63. The number of anilines is 1. The van der Waals surface area contributed by atoms with Crippen molar-refractivity contribution in [3.63, 3.8) is 0 Å². The van der Waals surface area contributed by atoms with Crippen LogP contribution in [0.3, 0.4) is 0 Å². The molecule has 0 radical (unpaired) electrons. The monoisotopic (exact) mass is 359 g/mol. The average Bonchev–Trinajstić information content (AvgIpc) is 3.15. The second-order valence-corrected chi connectivity index (χ2v) is 7.49. The van der Waals surface area contributed by atoms with Gasteiger partial charge >= 0.3 is 6.03 Å². The molecule has 6 heteroatoms. The number of urea groups is 1. The van der Waals surface area contributed by atoms with Crippen LogP contribution in [0, 0.1) is 0 Å². The van der Waals surface area contributed by atoms with E-state index < -0.39 is 0 Å². The third-order valence-corrected chi connectivity index (χ3v) is 5.74. The summed E-state index contributed by atoms with van der Waals surface area (Å²) in [6.45, 7) is 6.91. The molecule has 3 aliphatic heterocycles. The first-order chi connectivity index (χ1) is 12.8. The maximum Gasteiger partial charge on any atom is 0.322 e. The highest BCUT2D eigenvalue weighted by Gasteiger charge is 2.27. The maximum absolute atomic E-state index is 12.9. The highest BCUT2D eigenvalue weighted by atomic mass is 16.5. The minimum Gasteiger partial charge on any atom is -0.379 e. The van der Waals surface area contributed by atoms with Gasteiger partial charge in [0.15, 0.2) is 0 Å². The lowest BCUT2D eigenvalue weighted by molar-refractivity contribution is 0.0329. The molecule has 0 unspecified atom stereocenters. The number of hydrogen-bond acceptors (Lipinski definition) is 4. The van der Waals surface area contributed by atoms with Crippen molar-refractivity contribution in [3.05, 3.63) is 29.3 Å². The quantitative estimate of drug-likeness (QED) is 0.898. The number of carbonyl (C=O) groups excluding carboxylic acids is 1. The van der Waals surface area contributed by atoms with Crippen LogP contribution in [0.15, 0.2) is 18.2 Å². The maximum atomic E-state index is 12.9. The van der Waals surface area contributed by atoms with E-state index in [0.29, 0.717) is 19.3 Å². The SMILES string of the molecule is O=C(Nc1ccc2c(c1)COC2)N1CCCC[C@H]1CCN1CCOCC1. The predicted molar refractivity (Wildman–Crippen MR) is 100 cm³/mol. The topological polar surface area (TPSA) is 54.0 Å². The Morgan fingerprint density at radius 2 is 1.92 bits per heavy atom. The van der Waals surface area contributed by atoms with Gasteiger partial charge in [-0.3, -0.25) is 4.90 Å². The Labute approximate surface area is 155 Å². The lowest BCUT2D eigenvalue weighted by Gasteiger charge is -2.37. The molecule has 6 nitrogen and oxygen atoms in total. The molecule has 1 aromatic carbocycles. The van der Waals surface area contributed by atoms with E-state index in [2.05, 4.69) is 16.3 Å². The summed E-state index contributed by atoms with van der Waals surface area (Å²) < 4.78 is 10.9. The van der Waals surface area contributed by atoms with Gasteiger partial charge in [-0.15, -0.1) is 0 Å². The van der Waals surface area contributed by atoms with Crippen LogP contribution in [0.5, 0.6) is 0 Å². The number of hydrogen-bond donors (Lipinski definition) is 1. The van der Waals surface area contributed by atoms with Gasteiger partial charge in [-0.05, 0) is 48.9 Å². The van der Waals surface area contributed by atoms with Crippen LogP contribution in [0.25, 0.3) is 0 Å². The van der Waals surface area contributed by atoms with Crippen molar-refractivity contribution in [3.8, 4) is 0 Å². The van der Waals surface area contributed by atoms with Crippen molar-refractivity contribution in [2.24, 2.45) is 0 Å². The van der Waals surface area contributed by atoms with E-state index in [-0.39, 0.29) is 6.03 Å². The minimum absolute atomic E-state index is 0.0375. The van der Waals surface area contributed by atoms with Gasteiger partial charge in [0, 0.05) is 37.9 Å². The molecule has 1 aromatic rings. The molecule has 142 valence electrons.